The lowest BCUT2D eigenvalue weighted by molar-refractivity contribution is -0.139. The van der Waals surface area contributed by atoms with Crippen molar-refractivity contribution in [1.29, 1.82) is 0 Å². The van der Waals surface area contributed by atoms with Gasteiger partial charge in [-0.25, -0.2) is 8.51 Å². The highest BCUT2D eigenvalue weighted by Crippen LogP contribution is 2.30. The Morgan fingerprint density at radius 1 is 0.963 bits per heavy atom. The maximum Gasteiger partial charge on any atom is 0.267 e. The molecule has 7 heteroatoms. The average molecular weight is 401 g/mol. The second kappa shape index (κ2) is 17.4. The van der Waals surface area contributed by atoms with E-state index in [2.05, 4.69) is 18.5 Å². The molecule has 3 amide bonds. The summed E-state index contributed by atoms with van der Waals surface area (Å²) in [6, 6.07) is -0.904. The van der Waals surface area contributed by atoms with Gasteiger partial charge in [-0.05, 0) is 6.42 Å². The van der Waals surface area contributed by atoms with Crippen molar-refractivity contribution < 1.29 is 18.6 Å². The lowest BCUT2D eigenvalue weighted by atomic mass is 10.1. The lowest BCUT2D eigenvalue weighted by Gasteiger charge is -2.28. The van der Waals surface area contributed by atoms with Gasteiger partial charge in [0.25, 0.3) is 11.8 Å². The van der Waals surface area contributed by atoms with Gasteiger partial charge in [-0.15, -0.1) is 0 Å². The van der Waals surface area contributed by atoms with Crippen LogP contribution >= 0.6 is 0 Å². The second-order valence-electron chi connectivity index (χ2n) is 4.03. The molecule has 2 heterocycles. The van der Waals surface area contributed by atoms with Gasteiger partial charge in [-0.2, -0.15) is 0 Å². The fraction of sp³-hybridized carbons (Fsp3) is 0.550. The van der Waals surface area contributed by atoms with E-state index in [0.717, 1.165) is 4.31 Å². The highest BCUT2D eigenvalue weighted by Gasteiger charge is 2.43. The first-order valence-electron chi connectivity index (χ1n) is 9.59. The molecule has 0 aromatic carbocycles. The molecular weight excluding hydrogens is 364 g/mol. The summed E-state index contributed by atoms with van der Waals surface area (Å²) >= 11 is 0. The van der Waals surface area contributed by atoms with E-state index in [1.807, 2.05) is 55.4 Å². The van der Waals surface area contributed by atoms with Crippen LogP contribution in [-0.2, 0) is 25.4 Å². The Labute approximate surface area is 167 Å². The van der Waals surface area contributed by atoms with Gasteiger partial charge in [0, 0.05) is 6.42 Å². The van der Waals surface area contributed by atoms with Crippen LogP contribution in [0.3, 0.4) is 0 Å². The van der Waals surface area contributed by atoms with Gasteiger partial charge in [-0.3, -0.25) is 19.7 Å². The van der Waals surface area contributed by atoms with Crippen molar-refractivity contribution in [2.24, 2.45) is 0 Å². The van der Waals surface area contributed by atoms with Crippen LogP contribution in [0.4, 0.5) is 0 Å². The molecule has 27 heavy (non-hydrogen) atoms. The summed E-state index contributed by atoms with van der Waals surface area (Å²) in [5.41, 5.74) is 0.179. The Kier molecular flexibility index (Phi) is 19.2. The van der Waals surface area contributed by atoms with Crippen LogP contribution in [0.15, 0.2) is 35.8 Å². The first kappa shape index (κ1) is 29.7. The summed E-state index contributed by atoms with van der Waals surface area (Å²) in [6.45, 7) is 23.0. The molecule has 156 valence electrons. The first-order valence-corrected chi connectivity index (χ1v) is 10.7. The molecule has 0 saturated carbocycles. The minimum atomic E-state index is -1.79. The number of imide groups is 1. The quantitative estimate of drug-likeness (QED) is 0.725. The molecule has 6 nitrogen and oxygen atoms in total. The minimum absolute atomic E-state index is 0.115. The van der Waals surface area contributed by atoms with Crippen molar-refractivity contribution in [1.82, 2.24) is 9.62 Å². The Balaban J connectivity index is -0.000000638. The zero-order chi connectivity index (χ0) is 22.2. The number of hydrogen-bond acceptors (Lipinski definition) is 4. The van der Waals surface area contributed by atoms with Crippen LogP contribution < -0.4 is 5.32 Å². The molecule has 2 atom stereocenters. The van der Waals surface area contributed by atoms with Crippen LogP contribution in [0.2, 0.25) is 0 Å². The molecule has 1 N–H and O–H groups in total. The molecule has 0 aromatic heterocycles. The van der Waals surface area contributed by atoms with Gasteiger partial charge in [0.1, 0.15) is 6.04 Å². The maximum absolute atomic E-state index is 12.2. The van der Waals surface area contributed by atoms with Crippen molar-refractivity contribution in [2.45, 2.75) is 74.3 Å². The normalized spacial score (nSPS) is 20.3. The number of carbonyl (C=O) groups excluding carboxylic acids is 3. The SMILES string of the molecule is C=CC1=C(C=C)S(=O)N(C2CCC(=O)NC2=O)C1=O.CC.CC.CC.CC. The fourth-order valence-electron chi connectivity index (χ4n) is 2.03. The fourth-order valence-corrected chi connectivity index (χ4v) is 3.43. The van der Waals surface area contributed by atoms with Crippen LogP contribution in [0.25, 0.3) is 0 Å². The summed E-state index contributed by atoms with van der Waals surface area (Å²) < 4.78 is 13.2. The summed E-state index contributed by atoms with van der Waals surface area (Å²) in [5, 5.41) is 2.14. The number of allylic oxidation sites excluding steroid dienone is 1. The third-order valence-corrected chi connectivity index (χ3v) is 4.49. The van der Waals surface area contributed by atoms with E-state index in [1.54, 1.807) is 0 Å². The zero-order valence-corrected chi connectivity index (χ0v) is 18.9. The molecule has 0 spiro atoms. The topological polar surface area (TPSA) is 83.6 Å². The Bertz CT molecular complexity index is 538. The van der Waals surface area contributed by atoms with E-state index in [0.29, 0.717) is 0 Å². The first-order chi connectivity index (χ1) is 13.0. The predicted molar refractivity (Wildman–Crippen MR) is 114 cm³/mol. The van der Waals surface area contributed by atoms with Crippen molar-refractivity contribution in [2.75, 3.05) is 0 Å². The van der Waals surface area contributed by atoms with Gasteiger partial charge in [0.2, 0.25) is 5.91 Å². The highest BCUT2D eigenvalue weighted by atomic mass is 32.2. The van der Waals surface area contributed by atoms with E-state index in [1.165, 1.54) is 12.2 Å². The number of hydrogen-bond donors (Lipinski definition) is 1. The van der Waals surface area contributed by atoms with Gasteiger partial charge >= 0.3 is 0 Å². The van der Waals surface area contributed by atoms with Crippen LogP contribution in [0, 0.1) is 0 Å². The predicted octanol–water partition coefficient (Wildman–Crippen LogP) is 4.03. The van der Waals surface area contributed by atoms with Crippen LogP contribution in [0.5, 0.6) is 0 Å². The molecule has 0 radical (unpaired) electrons. The van der Waals surface area contributed by atoms with Gasteiger partial charge in [0.05, 0.1) is 10.5 Å². The Hall–Kier alpha value is -2.02. The summed E-state index contributed by atoms with van der Waals surface area (Å²) in [5.74, 6) is -1.52. The monoisotopic (exact) mass is 400 g/mol. The summed E-state index contributed by atoms with van der Waals surface area (Å²) in [7, 11) is -1.79. The van der Waals surface area contributed by atoms with Crippen LogP contribution in [0.1, 0.15) is 68.2 Å². The third kappa shape index (κ3) is 7.62. The molecule has 2 unspecified atom stereocenters. The van der Waals surface area contributed by atoms with E-state index in [4.69, 9.17) is 0 Å². The van der Waals surface area contributed by atoms with Gasteiger partial charge < -0.3 is 0 Å². The maximum atomic E-state index is 12.2. The summed E-state index contributed by atoms with van der Waals surface area (Å²) in [6.07, 6.45) is 2.89. The molecule has 1 fully saturated rings. The van der Waals surface area contributed by atoms with Crippen LogP contribution in [-0.4, -0.2) is 32.3 Å². The summed E-state index contributed by atoms with van der Waals surface area (Å²) in [4.78, 5) is 35.2. The molecule has 2 aliphatic heterocycles. The van der Waals surface area contributed by atoms with E-state index < -0.39 is 28.8 Å². The van der Waals surface area contributed by atoms with Gasteiger partial charge in [0.15, 0.2) is 11.0 Å². The molecule has 2 aliphatic rings. The number of piperidine rings is 1. The van der Waals surface area contributed by atoms with E-state index in [-0.39, 0.29) is 29.2 Å². The standard InChI is InChI=1S/C12H12N2O4S.4C2H6/c1-3-7-9(4-2)19(18)14(12(7)17)8-5-6-10(15)13-11(8)16;4*1-2/h3-4,8H,1-2,5-6H2,(H,13,15,16);4*1-2H3. The minimum Gasteiger partial charge on any atom is -0.295 e. The third-order valence-electron chi connectivity index (χ3n) is 2.95. The van der Waals surface area contributed by atoms with Crippen molar-refractivity contribution in [3.05, 3.63) is 35.8 Å². The average Bonchev–Trinajstić information content (AvgIpc) is 2.97. The number of nitrogens with zero attached hydrogens (tertiary/aromatic N) is 1. The Morgan fingerprint density at radius 2 is 1.44 bits per heavy atom. The molecule has 1 saturated heterocycles. The largest absolute Gasteiger partial charge is 0.295 e. The molecule has 0 aliphatic carbocycles. The number of nitrogens with one attached hydrogen (secondary N) is 1. The van der Waals surface area contributed by atoms with Gasteiger partial charge in [-0.1, -0.05) is 80.7 Å². The second-order valence-corrected chi connectivity index (χ2v) is 5.36. The number of amides is 3. The van der Waals surface area contributed by atoms with Crippen molar-refractivity contribution >= 4 is 28.7 Å². The molecule has 0 bridgehead atoms. The highest BCUT2D eigenvalue weighted by molar-refractivity contribution is 7.88. The molecule has 0 aromatic rings. The Morgan fingerprint density at radius 3 is 1.78 bits per heavy atom. The molecule has 2 rings (SSSR count). The zero-order valence-electron chi connectivity index (χ0n) is 18.0. The smallest absolute Gasteiger partial charge is 0.267 e. The lowest BCUT2D eigenvalue weighted by Crippen LogP contribution is -2.53. The van der Waals surface area contributed by atoms with Crippen molar-refractivity contribution in [3.63, 3.8) is 0 Å². The van der Waals surface area contributed by atoms with Crippen molar-refractivity contribution in [3.8, 4) is 0 Å². The number of carbonyl (C=O) groups is 3. The van der Waals surface area contributed by atoms with E-state index >= 15 is 0 Å². The molecular formula is C20H36N2O4S. The number of rotatable bonds is 3. The van der Waals surface area contributed by atoms with E-state index in [9.17, 15) is 18.6 Å².